The highest BCUT2D eigenvalue weighted by molar-refractivity contribution is 5.34. The van der Waals surface area contributed by atoms with E-state index in [1.807, 2.05) is 37.6 Å². The van der Waals surface area contributed by atoms with Gasteiger partial charge in [0, 0.05) is 12.7 Å². The van der Waals surface area contributed by atoms with Crippen LogP contribution < -0.4 is 5.73 Å². The average Bonchev–Trinajstić information content (AvgIpc) is 2.57. The van der Waals surface area contributed by atoms with Gasteiger partial charge < -0.3 is 5.73 Å². The van der Waals surface area contributed by atoms with Gasteiger partial charge in [-0.05, 0) is 32.4 Å². The molecule has 84 valence electrons. The molecule has 0 amide bonds. The van der Waals surface area contributed by atoms with Crippen LogP contribution >= 0.6 is 0 Å². The van der Waals surface area contributed by atoms with Crippen LogP contribution in [0.15, 0.2) is 12.3 Å². The Labute approximate surface area is 94.3 Å². The number of aryl methyl sites for hydroxylation is 3. The van der Waals surface area contributed by atoms with E-state index in [1.165, 1.54) is 0 Å². The molecule has 0 radical (unpaired) electrons. The molecule has 5 nitrogen and oxygen atoms in total. The third-order valence-electron chi connectivity index (χ3n) is 2.45. The van der Waals surface area contributed by atoms with Crippen molar-refractivity contribution in [3.8, 4) is 5.82 Å². The largest absolute Gasteiger partial charge is 0.325 e. The van der Waals surface area contributed by atoms with E-state index in [0.717, 1.165) is 28.6 Å². The molecular formula is C11H15N5. The fourth-order valence-electron chi connectivity index (χ4n) is 1.70. The molecule has 2 heterocycles. The van der Waals surface area contributed by atoms with E-state index in [-0.39, 0.29) is 0 Å². The Morgan fingerprint density at radius 1 is 1.25 bits per heavy atom. The molecule has 16 heavy (non-hydrogen) atoms. The highest BCUT2D eigenvalue weighted by Crippen LogP contribution is 2.13. The zero-order chi connectivity index (χ0) is 11.7. The van der Waals surface area contributed by atoms with Crippen LogP contribution in [0.4, 0.5) is 0 Å². The first-order valence-corrected chi connectivity index (χ1v) is 5.18. The Balaban J connectivity index is 2.52. The predicted molar refractivity (Wildman–Crippen MR) is 61.3 cm³/mol. The molecule has 0 unspecified atom stereocenters. The summed E-state index contributed by atoms with van der Waals surface area (Å²) in [5, 5.41) is 8.25. The van der Waals surface area contributed by atoms with Gasteiger partial charge in [0.05, 0.1) is 11.4 Å². The number of hydrogen-bond acceptors (Lipinski definition) is 4. The van der Waals surface area contributed by atoms with Crippen LogP contribution in [0.1, 0.15) is 22.8 Å². The SMILES string of the molecule is Cc1cn(-c2nnc(CN)cc2C)c(C)n1. The summed E-state index contributed by atoms with van der Waals surface area (Å²) in [4.78, 5) is 4.34. The van der Waals surface area contributed by atoms with Gasteiger partial charge in [-0.1, -0.05) is 0 Å². The van der Waals surface area contributed by atoms with Gasteiger partial charge in [0.2, 0.25) is 0 Å². The highest BCUT2D eigenvalue weighted by atomic mass is 15.2. The fraction of sp³-hybridized carbons (Fsp3) is 0.364. The minimum atomic E-state index is 0.413. The summed E-state index contributed by atoms with van der Waals surface area (Å²) in [6.45, 7) is 6.32. The second-order valence-electron chi connectivity index (χ2n) is 3.85. The summed E-state index contributed by atoms with van der Waals surface area (Å²) in [7, 11) is 0. The summed E-state index contributed by atoms with van der Waals surface area (Å²) in [5.41, 5.74) is 8.35. The van der Waals surface area contributed by atoms with E-state index in [9.17, 15) is 0 Å². The topological polar surface area (TPSA) is 69.6 Å². The molecular weight excluding hydrogens is 202 g/mol. The van der Waals surface area contributed by atoms with Crippen molar-refractivity contribution in [3.05, 3.63) is 35.0 Å². The molecule has 0 bridgehead atoms. The summed E-state index contributed by atoms with van der Waals surface area (Å²) in [6, 6.07) is 1.96. The number of nitrogens with two attached hydrogens (primary N) is 1. The summed E-state index contributed by atoms with van der Waals surface area (Å²) < 4.78 is 1.94. The van der Waals surface area contributed by atoms with Crippen molar-refractivity contribution in [1.82, 2.24) is 19.7 Å². The van der Waals surface area contributed by atoms with E-state index in [1.54, 1.807) is 0 Å². The lowest BCUT2D eigenvalue weighted by molar-refractivity contribution is 0.826. The molecule has 0 atom stereocenters. The lowest BCUT2D eigenvalue weighted by Crippen LogP contribution is -2.07. The first-order valence-electron chi connectivity index (χ1n) is 5.18. The molecule has 0 aliphatic carbocycles. The maximum absolute atomic E-state index is 5.52. The third-order valence-corrected chi connectivity index (χ3v) is 2.45. The smallest absolute Gasteiger partial charge is 0.163 e. The Morgan fingerprint density at radius 3 is 2.50 bits per heavy atom. The zero-order valence-electron chi connectivity index (χ0n) is 9.73. The first-order chi connectivity index (χ1) is 7.61. The lowest BCUT2D eigenvalue weighted by Gasteiger charge is -2.07. The van der Waals surface area contributed by atoms with Crippen molar-refractivity contribution < 1.29 is 0 Å². The van der Waals surface area contributed by atoms with Crippen LogP contribution in [-0.2, 0) is 6.54 Å². The molecule has 0 aliphatic rings. The zero-order valence-corrected chi connectivity index (χ0v) is 9.73. The second-order valence-corrected chi connectivity index (χ2v) is 3.85. The van der Waals surface area contributed by atoms with Gasteiger partial charge >= 0.3 is 0 Å². The quantitative estimate of drug-likeness (QED) is 0.816. The van der Waals surface area contributed by atoms with Crippen LogP contribution in [0.3, 0.4) is 0 Å². The molecule has 2 rings (SSSR count). The van der Waals surface area contributed by atoms with Crippen molar-refractivity contribution in [1.29, 1.82) is 0 Å². The number of nitrogens with zero attached hydrogens (tertiary/aromatic N) is 4. The van der Waals surface area contributed by atoms with E-state index in [0.29, 0.717) is 6.54 Å². The van der Waals surface area contributed by atoms with Crippen molar-refractivity contribution in [2.45, 2.75) is 27.3 Å². The van der Waals surface area contributed by atoms with Crippen LogP contribution in [-0.4, -0.2) is 19.7 Å². The monoisotopic (exact) mass is 217 g/mol. The van der Waals surface area contributed by atoms with Gasteiger partial charge in [0.1, 0.15) is 5.82 Å². The Kier molecular flexibility index (Phi) is 2.70. The van der Waals surface area contributed by atoms with E-state index >= 15 is 0 Å². The summed E-state index contributed by atoms with van der Waals surface area (Å²) >= 11 is 0. The Morgan fingerprint density at radius 2 is 2.00 bits per heavy atom. The molecule has 0 spiro atoms. The molecule has 0 aromatic carbocycles. The van der Waals surface area contributed by atoms with Gasteiger partial charge in [-0.2, -0.15) is 5.10 Å². The summed E-state index contributed by atoms with van der Waals surface area (Å²) in [6.07, 6.45) is 1.95. The normalized spacial score (nSPS) is 10.8. The van der Waals surface area contributed by atoms with E-state index in [2.05, 4.69) is 15.2 Å². The van der Waals surface area contributed by atoms with Crippen LogP contribution in [0.5, 0.6) is 0 Å². The molecule has 2 aromatic rings. The first kappa shape index (κ1) is 10.8. The molecule has 0 saturated heterocycles. The van der Waals surface area contributed by atoms with Crippen LogP contribution in [0, 0.1) is 20.8 Å². The van der Waals surface area contributed by atoms with Crippen molar-refractivity contribution in [3.63, 3.8) is 0 Å². The third kappa shape index (κ3) is 1.81. The molecule has 0 fully saturated rings. The van der Waals surface area contributed by atoms with Crippen molar-refractivity contribution in [2.75, 3.05) is 0 Å². The van der Waals surface area contributed by atoms with Gasteiger partial charge in [-0.25, -0.2) is 4.98 Å². The molecule has 2 N–H and O–H groups in total. The molecule has 5 heteroatoms. The van der Waals surface area contributed by atoms with Crippen molar-refractivity contribution in [2.24, 2.45) is 5.73 Å². The Bertz CT molecular complexity index is 515. The predicted octanol–water partition coefficient (Wildman–Crippen LogP) is 1.05. The minimum Gasteiger partial charge on any atom is -0.325 e. The second kappa shape index (κ2) is 4.02. The highest BCUT2D eigenvalue weighted by Gasteiger charge is 2.08. The molecule has 0 aliphatic heterocycles. The van der Waals surface area contributed by atoms with Crippen molar-refractivity contribution >= 4 is 0 Å². The maximum atomic E-state index is 5.52. The fourth-order valence-corrected chi connectivity index (χ4v) is 1.70. The number of aromatic nitrogens is 4. The average molecular weight is 217 g/mol. The van der Waals surface area contributed by atoms with E-state index < -0.39 is 0 Å². The van der Waals surface area contributed by atoms with Gasteiger partial charge in [-0.3, -0.25) is 4.57 Å². The molecule has 2 aromatic heterocycles. The standard InChI is InChI=1S/C11H15N5/c1-7-4-10(5-12)14-15-11(7)16-6-8(2)13-9(16)3/h4,6H,5,12H2,1-3H3. The maximum Gasteiger partial charge on any atom is 0.163 e. The number of imidazole rings is 1. The van der Waals surface area contributed by atoms with Gasteiger partial charge in [0.25, 0.3) is 0 Å². The molecule has 0 saturated carbocycles. The van der Waals surface area contributed by atoms with Gasteiger partial charge in [-0.15, -0.1) is 5.10 Å². The summed E-state index contributed by atoms with van der Waals surface area (Å²) in [5.74, 6) is 1.73. The van der Waals surface area contributed by atoms with Crippen LogP contribution in [0.25, 0.3) is 5.82 Å². The Hall–Kier alpha value is -1.75. The lowest BCUT2D eigenvalue weighted by atomic mass is 10.2. The number of hydrogen-bond donors (Lipinski definition) is 1. The van der Waals surface area contributed by atoms with Crippen LogP contribution in [0.2, 0.25) is 0 Å². The number of rotatable bonds is 2. The van der Waals surface area contributed by atoms with Gasteiger partial charge in [0.15, 0.2) is 5.82 Å². The minimum absolute atomic E-state index is 0.413. The van der Waals surface area contributed by atoms with E-state index in [4.69, 9.17) is 5.73 Å².